The van der Waals surface area contributed by atoms with E-state index in [1.165, 1.54) is 0 Å². The van der Waals surface area contributed by atoms with E-state index in [1.807, 2.05) is 50.2 Å². The van der Waals surface area contributed by atoms with Crippen LogP contribution in [0.4, 0.5) is 11.5 Å². The van der Waals surface area contributed by atoms with Gasteiger partial charge in [0.25, 0.3) is 5.91 Å². The lowest BCUT2D eigenvalue weighted by Gasteiger charge is -2.10. The summed E-state index contributed by atoms with van der Waals surface area (Å²) in [6.45, 7) is 6.35. The lowest BCUT2D eigenvalue weighted by Crippen LogP contribution is -2.16. The average molecular weight is 376 g/mol. The van der Waals surface area contributed by atoms with E-state index in [0.717, 1.165) is 28.1 Å². The second-order valence-electron chi connectivity index (χ2n) is 6.72. The summed E-state index contributed by atoms with van der Waals surface area (Å²) in [6.07, 6.45) is 0. The standard InChI is InChI=1S/C22H24N4O2/c1-14-9-15(2)11-18(10-14)26-22(27)20-12-21(25-16(3)24-20)23-13-17-5-7-19(28-4)8-6-17/h5-12H,13H2,1-4H3,(H,26,27)(H,23,24,25). The van der Waals surface area contributed by atoms with Gasteiger partial charge in [-0.2, -0.15) is 0 Å². The minimum atomic E-state index is -0.261. The minimum Gasteiger partial charge on any atom is -0.497 e. The van der Waals surface area contributed by atoms with Crippen molar-refractivity contribution < 1.29 is 9.53 Å². The van der Waals surface area contributed by atoms with Gasteiger partial charge in [0.15, 0.2) is 0 Å². The van der Waals surface area contributed by atoms with Gasteiger partial charge in [0.05, 0.1) is 7.11 Å². The zero-order valence-electron chi connectivity index (χ0n) is 16.5. The van der Waals surface area contributed by atoms with E-state index < -0.39 is 0 Å². The maximum atomic E-state index is 12.6. The van der Waals surface area contributed by atoms with E-state index in [1.54, 1.807) is 20.1 Å². The number of hydrogen-bond donors (Lipinski definition) is 2. The molecule has 0 spiro atoms. The molecular formula is C22H24N4O2. The fourth-order valence-electron chi connectivity index (χ4n) is 2.95. The number of carbonyl (C=O) groups excluding carboxylic acids is 1. The maximum absolute atomic E-state index is 12.6. The first-order chi connectivity index (χ1) is 13.4. The number of rotatable bonds is 6. The second kappa shape index (κ2) is 8.52. The zero-order chi connectivity index (χ0) is 20.1. The third-order valence-corrected chi connectivity index (χ3v) is 4.18. The molecule has 2 N–H and O–H groups in total. The largest absolute Gasteiger partial charge is 0.497 e. The maximum Gasteiger partial charge on any atom is 0.274 e. The smallest absolute Gasteiger partial charge is 0.274 e. The number of anilines is 2. The molecule has 3 rings (SSSR count). The molecule has 0 bridgehead atoms. The molecule has 1 aromatic heterocycles. The number of carbonyl (C=O) groups is 1. The number of aromatic nitrogens is 2. The summed E-state index contributed by atoms with van der Waals surface area (Å²) < 4.78 is 5.17. The van der Waals surface area contributed by atoms with Crippen molar-refractivity contribution in [3.05, 3.63) is 76.7 Å². The van der Waals surface area contributed by atoms with Crippen LogP contribution in [-0.2, 0) is 6.54 Å². The van der Waals surface area contributed by atoms with E-state index in [-0.39, 0.29) is 5.91 Å². The van der Waals surface area contributed by atoms with Crippen LogP contribution in [0.3, 0.4) is 0 Å². The van der Waals surface area contributed by atoms with Crippen molar-refractivity contribution in [3.8, 4) is 5.75 Å². The first kappa shape index (κ1) is 19.4. The van der Waals surface area contributed by atoms with E-state index in [4.69, 9.17) is 4.74 Å². The number of amides is 1. The molecule has 2 aromatic carbocycles. The molecule has 0 radical (unpaired) electrons. The van der Waals surface area contributed by atoms with Crippen LogP contribution in [0, 0.1) is 20.8 Å². The fraction of sp³-hybridized carbons (Fsp3) is 0.227. The molecule has 3 aromatic rings. The Kier molecular flexibility index (Phi) is 5.89. The van der Waals surface area contributed by atoms with Crippen LogP contribution in [0.25, 0.3) is 0 Å². The number of nitrogens with one attached hydrogen (secondary N) is 2. The Morgan fingerprint density at radius 1 is 0.964 bits per heavy atom. The van der Waals surface area contributed by atoms with Crippen molar-refractivity contribution in [1.29, 1.82) is 0 Å². The van der Waals surface area contributed by atoms with Crippen molar-refractivity contribution in [2.24, 2.45) is 0 Å². The average Bonchev–Trinajstić information content (AvgIpc) is 2.65. The summed E-state index contributed by atoms with van der Waals surface area (Å²) in [7, 11) is 1.64. The summed E-state index contributed by atoms with van der Waals surface area (Å²) in [5.74, 6) is 1.69. The number of ether oxygens (including phenoxy) is 1. The Morgan fingerprint density at radius 2 is 1.64 bits per heavy atom. The summed E-state index contributed by atoms with van der Waals surface area (Å²) in [4.78, 5) is 21.3. The van der Waals surface area contributed by atoms with Crippen molar-refractivity contribution in [2.45, 2.75) is 27.3 Å². The quantitative estimate of drug-likeness (QED) is 0.672. The van der Waals surface area contributed by atoms with Gasteiger partial charge in [-0.25, -0.2) is 9.97 Å². The van der Waals surface area contributed by atoms with Gasteiger partial charge in [-0.05, 0) is 61.7 Å². The number of nitrogens with zero attached hydrogens (tertiary/aromatic N) is 2. The highest BCUT2D eigenvalue weighted by Crippen LogP contribution is 2.16. The summed E-state index contributed by atoms with van der Waals surface area (Å²) in [6, 6.07) is 15.4. The van der Waals surface area contributed by atoms with Crippen LogP contribution in [-0.4, -0.2) is 23.0 Å². The molecule has 0 aliphatic heterocycles. The Morgan fingerprint density at radius 3 is 2.29 bits per heavy atom. The fourth-order valence-corrected chi connectivity index (χ4v) is 2.95. The van der Waals surface area contributed by atoms with Gasteiger partial charge in [-0.15, -0.1) is 0 Å². The lowest BCUT2D eigenvalue weighted by molar-refractivity contribution is 0.102. The highest BCUT2D eigenvalue weighted by atomic mass is 16.5. The minimum absolute atomic E-state index is 0.261. The molecule has 0 saturated heterocycles. The van der Waals surface area contributed by atoms with Gasteiger partial charge < -0.3 is 15.4 Å². The molecule has 0 fully saturated rings. The molecular weight excluding hydrogens is 352 g/mol. The number of methoxy groups -OCH3 is 1. The van der Waals surface area contributed by atoms with Crippen LogP contribution in [0.15, 0.2) is 48.5 Å². The predicted molar refractivity (Wildman–Crippen MR) is 111 cm³/mol. The predicted octanol–water partition coefficient (Wildman–Crippen LogP) is 4.27. The topological polar surface area (TPSA) is 76.1 Å². The highest BCUT2D eigenvalue weighted by Gasteiger charge is 2.11. The Balaban J connectivity index is 1.71. The van der Waals surface area contributed by atoms with E-state index in [0.29, 0.717) is 23.9 Å². The molecule has 0 saturated carbocycles. The lowest BCUT2D eigenvalue weighted by atomic mass is 10.1. The van der Waals surface area contributed by atoms with Gasteiger partial charge in [0.2, 0.25) is 0 Å². The summed E-state index contributed by atoms with van der Waals surface area (Å²) in [5.41, 5.74) is 4.35. The van der Waals surface area contributed by atoms with Gasteiger partial charge in [-0.1, -0.05) is 18.2 Å². The van der Waals surface area contributed by atoms with Crippen LogP contribution < -0.4 is 15.4 Å². The monoisotopic (exact) mass is 376 g/mol. The molecule has 0 aliphatic carbocycles. The first-order valence-electron chi connectivity index (χ1n) is 9.05. The van der Waals surface area contributed by atoms with Gasteiger partial charge in [0, 0.05) is 18.3 Å². The molecule has 0 unspecified atom stereocenters. The number of hydrogen-bond acceptors (Lipinski definition) is 5. The molecule has 1 amide bonds. The normalized spacial score (nSPS) is 10.4. The van der Waals surface area contributed by atoms with Crippen molar-refractivity contribution >= 4 is 17.4 Å². The third-order valence-electron chi connectivity index (χ3n) is 4.18. The molecule has 6 heteroatoms. The van der Waals surface area contributed by atoms with Gasteiger partial charge in [0.1, 0.15) is 23.1 Å². The molecule has 28 heavy (non-hydrogen) atoms. The second-order valence-corrected chi connectivity index (χ2v) is 6.72. The van der Waals surface area contributed by atoms with Crippen molar-refractivity contribution in [1.82, 2.24) is 9.97 Å². The summed E-state index contributed by atoms with van der Waals surface area (Å²) in [5, 5.41) is 6.15. The third kappa shape index (κ3) is 5.07. The molecule has 144 valence electrons. The van der Waals surface area contributed by atoms with Crippen molar-refractivity contribution in [2.75, 3.05) is 17.7 Å². The SMILES string of the molecule is COc1ccc(CNc2cc(C(=O)Nc3cc(C)cc(C)c3)nc(C)n2)cc1. The Labute approximate surface area is 165 Å². The molecule has 0 atom stereocenters. The molecule has 0 aliphatic rings. The first-order valence-corrected chi connectivity index (χ1v) is 9.05. The summed E-state index contributed by atoms with van der Waals surface area (Å²) >= 11 is 0. The zero-order valence-corrected chi connectivity index (χ0v) is 16.5. The van der Waals surface area contributed by atoms with Crippen LogP contribution in [0.2, 0.25) is 0 Å². The van der Waals surface area contributed by atoms with Gasteiger partial charge >= 0.3 is 0 Å². The van der Waals surface area contributed by atoms with Crippen LogP contribution in [0.1, 0.15) is 33.0 Å². The van der Waals surface area contributed by atoms with Gasteiger partial charge in [-0.3, -0.25) is 4.79 Å². The molecule has 1 heterocycles. The number of aryl methyl sites for hydroxylation is 3. The van der Waals surface area contributed by atoms with E-state index >= 15 is 0 Å². The van der Waals surface area contributed by atoms with E-state index in [9.17, 15) is 4.79 Å². The van der Waals surface area contributed by atoms with Crippen LogP contribution in [0.5, 0.6) is 5.75 Å². The van der Waals surface area contributed by atoms with Crippen LogP contribution >= 0.6 is 0 Å². The van der Waals surface area contributed by atoms with E-state index in [2.05, 4.69) is 26.7 Å². The highest BCUT2D eigenvalue weighted by molar-refractivity contribution is 6.03. The Hall–Kier alpha value is -3.41. The number of benzene rings is 2. The Bertz CT molecular complexity index is 964. The molecule has 6 nitrogen and oxygen atoms in total. The van der Waals surface area contributed by atoms with Crippen molar-refractivity contribution in [3.63, 3.8) is 0 Å².